The van der Waals surface area contributed by atoms with Crippen LogP contribution in [0.15, 0.2) is 42.5 Å². The van der Waals surface area contributed by atoms with Gasteiger partial charge in [-0.3, -0.25) is 4.79 Å². The Hall–Kier alpha value is -3.28. The van der Waals surface area contributed by atoms with Crippen LogP contribution in [0.3, 0.4) is 0 Å². The Bertz CT molecular complexity index is 1020. The lowest BCUT2D eigenvalue weighted by atomic mass is 10.1. The summed E-state index contributed by atoms with van der Waals surface area (Å²) >= 11 is 0. The Morgan fingerprint density at radius 3 is 2.43 bits per heavy atom. The van der Waals surface area contributed by atoms with E-state index in [0.29, 0.717) is 23.6 Å². The fourth-order valence-electron chi connectivity index (χ4n) is 3.57. The minimum absolute atomic E-state index is 0.139. The molecular weight excluding hydrogens is 378 g/mol. The number of aromatic nitrogens is 2. The summed E-state index contributed by atoms with van der Waals surface area (Å²) in [6.45, 7) is 6.67. The summed E-state index contributed by atoms with van der Waals surface area (Å²) < 4.78 is 12.5. The predicted molar refractivity (Wildman–Crippen MR) is 118 cm³/mol. The van der Waals surface area contributed by atoms with Crippen molar-refractivity contribution in [2.75, 3.05) is 14.2 Å². The van der Waals surface area contributed by atoms with E-state index in [1.807, 2.05) is 48.0 Å². The number of hydrogen-bond donors (Lipinski definition) is 1. The van der Waals surface area contributed by atoms with Gasteiger partial charge in [0.25, 0.3) is 5.91 Å². The SMILES string of the molecule is CCCc1c(C)nn(-c2ccc(C(=O)NCc3ccc(OC)cc3OC)cc2)c1C. The molecule has 6 nitrogen and oxygen atoms in total. The molecule has 1 heterocycles. The highest BCUT2D eigenvalue weighted by Gasteiger charge is 2.13. The maximum atomic E-state index is 12.6. The molecule has 0 aliphatic heterocycles. The standard InChI is InChI=1S/C24H29N3O3/c1-6-7-22-16(2)26-27(17(22)3)20-11-8-18(9-12-20)24(28)25-15-19-10-13-21(29-4)14-23(19)30-5/h8-14H,6-7,15H2,1-5H3,(H,25,28). The van der Waals surface area contributed by atoms with Gasteiger partial charge in [0, 0.05) is 29.4 Å². The van der Waals surface area contributed by atoms with Crippen molar-refractivity contribution in [1.29, 1.82) is 0 Å². The molecule has 0 saturated carbocycles. The molecule has 0 unspecified atom stereocenters. The van der Waals surface area contributed by atoms with E-state index in [1.165, 1.54) is 5.56 Å². The number of carbonyl (C=O) groups is 1. The molecule has 3 aromatic rings. The third-order valence-corrected chi connectivity index (χ3v) is 5.25. The van der Waals surface area contributed by atoms with Gasteiger partial charge in [-0.1, -0.05) is 13.3 Å². The van der Waals surface area contributed by atoms with E-state index in [2.05, 4.69) is 24.3 Å². The summed E-state index contributed by atoms with van der Waals surface area (Å²) in [6.07, 6.45) is 2.11. The van der Waals surface area contributed by atoms with Gasteiger partial charge >= 0.3 is 0 Å². The molecule has 1 amide bonds. The van der Waals surface area contributed by atoms with Gasteiger partial charge in [0.15, 0.2) is 0 Å². The first-order chi connectivity index (χ1) is 14.5. The quantitative estimate of drug-likeness (QED) is 0.601. The molecule has 2 aromatic carbocycles. The first-order valence-electron chi connectivity index (χ1n) is 10.1. The number of amides is 1. The summed E-state index contributed by atoms with van der Waals surface area (Å²) in [7, 11) is 3.21. The molecule has 0 aliphatic rings. The first-order valence-corrected chi connectivity index (χ1v) is 10.1. The number of ether oxygens (including phenoxy) is 2. The second-order valence-electron chi connectivity index (χ2n) is 7.22. The molecular formula is C24H29N3O3. The molecule has 0 atom stereocenters. The van der Waals surface area contributed by atoms with Gasteiger partial charge in [0.2, 0.25) is 0 Å². The molecule has 1 aromatic heterocycles. The van der Waals surface area contributed by atoms with Crippen LogP contribution in [-0.4, -0.2) is 29.9 Å². The van der Waals surface area contributed by atoms with E-state index in [-0.39, 0.29) is 5.91 Å². The monoisotopic (exact) mass is 407 g/mol. The molecule has 1 N–H and O–H groups in total. The van der Waals surface area contributed by atoms with E-state index in [0.717, 1.165) is 35.5 Å². The number of aryl methyl sites for hydroxylation is 1. The summed E-state index contributed by atoms with van der Waals surface area (Å²) in [5, 5.41) is 7.62. The van der Waals surface area contributed by atoms with Gasteiger partial charge in [-0.05, 0) is 62.2 Å². The van der Waals surface area contributed by atoms with E-state index >= 15 is 0 Å². The third-order valence-electron chi connectivity index (χ3n) is 5.25. The Morgan fingerprint density at radius 2 is 1.80 bits per heavy atom. The highest BCUT2D eigenvalue weighted by Crippen LogP contribution is 2.24. The van der Waals surface area contributed by atoms with Crippen molar-refractivity contribution >= 4 is 5.91 Å². The fraction of sp³-hybridized carbons (Fsp3) is 0.333. The molecule has 0 radical (unpaired) electrons. The van der Waals surface area contributed by atoms with Crippen LogP contribution in [0, 0.1) is 13.8 Å². The van der Waals surface area contributed by atoms with E-state index in [1.54, 1.807) is 20.3 Å². The Morgan fingerprint density at radius 1 is 1.07 bits per heavy atom. The summed E-state index contributed by atoms with van der Waals surface area (Å²) in [5.41, 5.74) is 5.94. The van der Waals surface area contributed by atoms with Gasteiger partial charge < -0.3 is 14.8 Å². The summed E-state index contributed by atoms with van der Waals surface area (Å²) in [6, 6.07) is 13.0. The lowest BCUT2D eigenvalue weighted by molar-refractivity contribution is 0.0950. The van der Waals surface area contributed by atoms with Gasteiger partial charge in [0.05, 0.1) is 25.6 Å². The zero-order valence-corrected chi connectivity index (χ0v) is 18.3. The van der Waals surface area contributed by atoms with Gasteiger partial charge in [-0.25, -0.2) is 4.68 Å². The number of methoxy groups -OCH3 is 2. The van der Waals surface area contributed by atoms with E-state index in [9.17, 15) is 4.79 Å². The van der Waals surface area contributed by atoms with Crippen molar-refractivity contribution in [2.24, 2.45) is 0 Å². The average molecular weight is 408 g/mol. The van der Waals surface area contributed by atoms with Crippen molar-refractivity contribution in [3.63, 3.8) is 0 Å². The molecule has 6 heteroatoms. The van der Waals surface area contributed by atoms with E-state index in [4.69, 9.17) is 9.47 Å². The maximum Gasteiger partial charge on any atom is 0.251 e. The Labute approximate surface area is 177 Å². The number of benzene rings is 2. The lowest BCUT2D eigenvalue weighted by Crippen LogP contribution is -2.23. The molecule has 0 aliphatic carbocycles. The number of nitrogens with zero attached hydrogens (tertiary/aromatic N) is 2. The van der Waals surface area contributed by atoms with Crippen molar-refractivity contribution in [3.8, 4) is 17.2 Å². The van der Waals surface area contributed by atoms with Crippen molar-refractivity contribution in [1.82, 2.24) is 15.1 Å². The molecule has 30 heavy (non-hydrogen) atoms. The van der Waals surface area contributed by atoms with Crippen molar-refractivity contribution in [2.45, 2.75) is 40.2 Å². The largest absolute Gasteiger partial charge is 0.497 e. The highest BCUT2D eigenvalue weighted by atomic mass is 16.5. The maximum absolute atomic E-state index is 12.6. The average Bonchev–Trinajstić information content (AvgIpc) is 3.06. The van der Waals surface area contributed by atoms with Crippen molar-refractivity contribution in [3.05, 3.63) is 70.5 Å². The first kappa shape index (κ1) is 21.4. The van der Waals surface area contributed by atoms with Crippen LogP contribution < -0.4 is 14.8 Å². The minimum atomic E-state index is -0.139. The van der Waals surface area contributed by atoms with Gasteiger partial charge in [-0.2, -0.15) is 5.10 Å². The normalized spacial score (nSPS) is 10.7. The topological polar surface area (TPSA) is 65.4 Å². The third kappa shape index (κ3) is 4.48. The van der Waals surface area contributed by atoms with E-state index < -0.39 is 0 Å². The van der Waals surface area contributed by atoms with Crippen LogP contribution in [0.5, 0.6) is 11.5 Å². The highest BCUT2D eigenvalue weighted by molar-refractivity contribution is 5.94. The smallest absolute Gasteiger partial charge is 0.251 e. The minimum Gasteiger partial charge on any atom is -0.497 e. The zero-order chi connectivity index (χ0) is 21.7. The second-order valence-corrected chi connectivity index (χ2v) is 7.22. The Balaban J connectivity index is 1.71. The predicted octanol–water partition coefficient (Wildman–Crippen LogP) is 4.39. The number of hydrogen-bond acceptors (Lipinski definition) is 4. The Kier molecular flexibility index (Phi) is 6.77. The van der Waals surface area contributed by atoms with Crippen LogP contribution in [0.25, 0.3) is 5.69 Å². The molecule has 158 valence electrons. The fourth-order valence-corrected chi connectivity index (χ4v) is 3.57. The van der Waals surface area contributed by atoms with Gasteiger partial charge in [-0.15, -0.1) is 0 Å². The zero-order valence-electron chi connectivity index (χ0n) is 18.3. The van der Waals surface area contributed by atoms with Crippen molar-refractivity contribution < 1.29 is 14.3 Å². The molecule has 0 saturated heterocycles. The van der Waals surface area contributed by atoms with Crippen LogP contribution in [-0.2, 0) is 13.0 Å². The molecule has 0 bridgehead atoms. The molecule has 3 rings (SSSR count). The molecule has 0 spiro atoms. The second kappa shape index (κ2) is 9.48. The lowest BCUT2D eigenvalue weighted by Gasteiger charge is -2.12. The number of nitrogens with one attached hydrogen (secondary N) is 1. The van der Waals surface area contributed by atoms with Crippen LogP contribution in [0.4, 0.5) is 0 Å². The van der Waals surface area contributed by atoms with Crippen LogP contribution in [0.2, 0.25) is 0 Å². The summed E-state index contributed by atoms with van der Waals surface area (Å²) in [5.74, 6) is 1.25. The number of rotatable bonds is 8. The molecule has 0 fully saturated rings. The van der Waals surface area contributed by atoms with Crippen LogP contribution >= 0.6 is 0 Å². The summed E-state index contributed by atoms with van der Waals surface area (Å²) in [4.78, 5) is 12.6. The van der Waals surface area contributed by atoms with Gasteiger partial charge in [0.1, 0.15) is 11.5 Å². The number of carbonyl (C=O) groups excluding carboxylic acids is 1. The van der Waals surface area contributed by atoms with Crippen LogP contribution in [0.1, 0.15) is 46.2 Å².